The van der Waals surface area contributed by atoms with Gasteiger partial charge in [-0.25, -0.2) is 9.18 Å². The van der Waals surface area contributed by atoms with Crippen LogP contribution < -0.4 is 4.74 Å². The van der Waals surface area contributed by atoms with Gasteiger partial charge in [-0.05, 0) is 18.1 Å². The van der Waals surface area contributed by atoms with Gasteiger partial charge < -0.3 is 14.6 Å². The Hall–Kier alpha value is -1.62. The summed E-state index contributed by atoms with van der Waals surface area (Å²) in [5.74, 6) is -1.34. The molecule has 0 aliphatic heterocycles. The second-order valence-electron chi connectivity index (χ2n) is 4.26. The summed E-state index contributed by atoms with van der Waals surface area (Å²) in [6.07, 6.45) is 0. The molecule has 1 aromatic rings. The van der Waals surface area contributed by atoms with Crippen molar-refractivity contribution < 1.29 is 23.8 Å². The van der Waals surface area contributed by atoms with Crippen molar-refractivity contribution in [2.75, 3.05) is 19.8 Å². The quantitative estimate of drug-likeness (QED) is 0.762. The Labute approximate surface area is 105 Å². The van der Waals surface area contributed by atoms with Crippen LogP contribution in [0.2, 0.25) is 0 Å². The van der Waals surface area contributed by atoms with E-state index in [0.29, 0.717) is 31.5 Å². The van der Waals surface area contributed by atoms with Crippen molar-refractivity contribution in [3.05, 3.63) is 29.6 Å². The molecule has 1 rings (SSSR count). The number of carboxylic acids is 1. The zero-order chi connectivity index (χ0) is 13.5. The fourth-order valence-corrected chi connectivity index (χ4v) is 1.30. The molecule has 4 nitrogen and oxygen atoms in total. The third-order valence-electron chi connectivity index (χ3n) is 2.12. The molecule has 0 radical (unpaired) electrons. The number of carbonyl (C=O) groups is 1. The first-order chi connectivity index (χ1) is 8.50. The number of ether oxygens (including phenoxy) is 2. The molecular weight excluding hydrogens is 239 g/mol. The Morgan fingerprint density at radius 2 is 2.11 bits per heavy atom. The van der Waals surface area contributed by atoms with Gasteiger partial charge in [0.2, 0.25) is 0 Å². The first-order valence-electron chi connectivity index (χ1n) is 5.74. The van der Waals surface area contributed by atoms with Crippen molar-refractivity contribution >= 4 is 5.97 Å². The van der Waals surface area contributed by atoms with E-state index < -0.39 is 11.8 Å². The van der Waals surface area contributed by atoms with Crippen molar-refractivity contribution in [1.29, 1.82) is 0 Å². The number of aromatic carboxylic acids is 1. The molecule has 0 aliphatic carbocycles. The molecule has 0 spiro atoms. The van der Waals surface area contributed by atoms with Gasteiger partial charge in [-0.1, -0.05) is 13.8 Å². The summed E-state index contributed by atoms with van der Waals surface area (Å²) in [7, 11) is 0. The molecule has 0 saturated carbocycles. The van der Waals surface area contributed by atoms with Crippen LogP contribution in [-0.4, -0.2) is 30.9 Å². The van der Waals surface area contributed by atoms with Crippen LogP contribution in [0.25, 0.3) is 0 Å². The second kappa shape index (κ2) is 6.96. The fourth-order valence-electron chi connectivity index (χ4n) is 1.30. The van der Waals surface area contributed by atoms with Crippen LogP contribution in [-0.2, 0) is 4.74 Å². The molecule has 0 fully saturated rings. The third-order valence-corrected chi connectivity index (χ3v) is 2.12. The highest BCUT2D eigenvalue weighted by atomic mass is 19.1. The Morgan fingerprint density at radius 3 is 2.67 bits per heavy atom. The molecule has 0 unspecified atom stereocenters. The molecule has 0 amide bonds. The average Bonchev–Trinajstić information content (AvgIpc) is 2.27. The molecule has 0 aromatic heterocycles. The Morgan fingerprint density at radius 1 is 1.39 bits per heavy atom. The van der Waals surface area contributed by atoms with E-state index in [0.717, 1.165) is 6.07 Å². The van der Waals surface area contributed by atoms with Crippen molar-refractivity contribution in [1.82, 2.24) is 0 Å². The first kappa shape index (κ1) is 14.4. The number of rotatable bonds is 7. The van der Waals surface area contributed by atoms with E-state index in [4.69, 9.17) is 14.6 Å². The SMILES string of the molecule is CC(C)COCCOc1ccc(C(=O)O)c(F)c1. The average molecular weight is 256 g/mol. The number of hydrogen-bond acceptors (Lipinski definition) is 3. The summed E-state index contributed by atoms with van der Waals surface area (Å²) >= 11 is 0. The summed E-state index contributed by atoms with van der Waals surface area (Å²) < 4.78 is 23.8. The van der Waals surface area contributed by atoms with Crippen LogP contribution in [0.5, 0.6) is 5.75 Å². The molecule has 0 aliphatic rings. The molecule has 0 bridgehead atoms. The minimum atomic E-state index is -1.29. The van der Waals surface area contributed by atoms with Crippen LogP contribution in [0.4, 0.5) is 4.39 Å². The molecule has 18 heavy (non-hydrogen) atoms. The number of hydrogen-bond donors (Lipinski definition) is 1. The van der Waals surface area contributed by atoms with Gasteiger partial charge in [-0.15, -0.1) is 0 Å². The molecule has 0 atom stereocenters. The lowest BCUT2D eigenvalue weighted by atomic mass is 10.2. The molecule has 0 heterocycles. The lowest BCUT2D eigenvalue weighted by molar-refractivity contribution is 0.0691. The van der Waals surface area contributed by atoms with Gasteiger partial charge in [0.25, 0.3) is 0 Å². The summed E-state index contributed by atoms with van der Waals surface area (Å²) in [5.41, 5.74) is -0.363. The van der Waals surface area contributed by atoms with Crippen LogP contribution in [0, 0.1) is 11.7 Å². The van der Waals surface area contributed by atoms with Crippen LogP contribution in [0.3, 0.4) is 0 Å². The molecule has 5 heteroatoms. The molecule has 1 N–H and O–H groups in total. The van der Waals surface area contributed by atoms with Gasteiger partial charge in [0, 0.05) is 12.7 Å². The Kier molecular flexibility index (Phi) is 5.58. The molecular formula is C13H17FO4. The maximum absolute atomic E-state index is 13.3. The van der Waals surface area contributed by atoms with E-state index in [-0.39, 0.29) is 5.56 Å². The summed E-state index contributed by atoms with van der Waals surface area (Å²) in [4.78, 5) is 10.6. The monoisotopic (exact) mass is 256 g/mol. The Bertz CT molecular complexity index is 404. The van der Waals surface area contributed by atoms with Crippen molar-refractivity contribution in [2.45, 2.75) is 13.8 Å². The highest BCUT2D eigenvalue weighted by molar-refractivity contribution is 5.88. The predicted molar refractivity (Wildman–Crippen MR) is 64.5 cm³/mol. The Balaban J connectivity index is 2.39. The zero-order valence-electron chi connectivity index (χ0n) is 10.5. The smallest absolute Gasteiger partial charge is 0.338 e. The topological polar surface area (TPSA) is 55.8 Å². The van der Waals surface area contributed by atoms with Gasteiger partial charge in [0.15, 0.2) is 0 Å². The van der Waals surface area contributed by atoms with Gasteiger partial charge in [-0.3, -0.25) is 0 Å². The van der Waals surface area contributed by atoms with E-state index in [1.54, 1.807) is 0 Å². The first-order valence-corrected chi connectivity index (χ1v) is 5.74. The van der Waals surface area contributed by atoms with Crippen LogP contribution in [0.1, 0.15) is 24.2 Å². The third kappa shape index (κ3) is 4.71. The van der Waals surface area contributed by atoms with E-state index in [1.807, 2.05) is 13.8 Å². The molecule has 100 valence electrons. The summed E-state index contributed by atoms with van der Waals surface area (Å²) in [6.45, 7) is 5.45. The van der Waals surface area contributed by atoms with Crippen LogP contribution in [0.15, 0.2) is 18.2 Å². The van der Waals surface area contributed by atoms with E-state index in [1.165, 1.54) is 12.1 Å². The van der Waals surface area contributed by atoms with Gasteiger partial charge in [0.05, 0.1) is 12.2 Å². The second-order valence-corrected chi connectivity index (χ2v) is 4.26. The van der Waals surface area contributed by atoms with Gasteiger partial charge in [-0.2, -0.15) is 0 Å². The fraction of sp³-hybridized carbons (Fsp3) is 0.462. The molecule has 0 saturated heterocycles. The highest BCUT2D eigenvalue weighted by Gasteiger charge is 2.10. The summed E-state index contributed by atoms with van der Waals surface area (Å²) in [5, 5.41) is 8.65. The summed E-state index contributed by atoms with van der Waals surface area (Å²) in [6, 6.07) is 3.67. The van der Waals surface area contributed by atoms with Crippen LogP contribution >= 0.6 is 0 Å². The minimum Gasteiger partial charge on any atom is -0.491 e. The largest absolute Gasteiger partial charge is 0.491 e. The highest BCUT2D eigenvalue weighted by Crippen LogP contribution is 2.16. The predicted octanol–water partition coefficient (Wildman–Crippen LogP) is 2.58. The standard InChI is InChI=1S/C13H17FO4/c1-9(2)8-17-5-6-18-10-3-4-11(13(15)16)12(14)7-10/h3-4,7,9H,5-6,8H2,1-2H3,(H,15,16). The number of carboxylic acid groups (broad SMARTS) is 1. The molecule has 1 aromatic carbocycles. The maximum Gasteiger partial charge on any atom is 0.338 e. The van der Waals surface area contributed by atoms with Crippen molar-refractivity contribution in [3.8, 4) is 5.75 Å². The van der Waals surface area contributed by atoms with Crippen molar-refractivity contribution in [2.24, 2.45) is 5.92 Å². The number of halogens is 1. The maximum atomic E-state index is 13.3. The normalized spacial score (nSPS) is 10.7. The van der Waals surface area contributed by atoms with E-state index in [2.05, 4.69) is 0 Å². The number of benzene rings is 1. The zero-order valence-corrected chi connectivity index (χ0v) is 10.5. The van der Waals surface area contributed by atoms with Gasteiger partial charge in [0.1, 0.15) is 18.2 Å². The van der Waals surface area contributed by atoms with E-state index in [9.17, 15) is 9.18 Å². The van der Waals surface area contributed by atoms with Gasteiger partial charge >= 0.3 is 5.97 Å². The lowest BCUT2D eigenvalue weighted by Gasteiger charge is -2.09. The minimum absolute atomic E-state index is 0.297. The van der Waals surface area contributed by atoms with E-state index >= 15 is 0 Å². The van der Waals surface area contributed by atoms with Crippen molar-refractivity contribution in [3.63, 3.8) is 0 Å². The lowest BCUT2D eigenvalue weighted by Crippen LogP contribution is -2.10.